The number of aliphatic hydroxyl groups is 1. The average molecular weight is 322 g/mol. The van der Waals surface area contributed by atoms with Crippen LogP contribution in [0, 0.1) is 0 Å². The monoisotopic (exact) mass is 322 g/mol. The number of hydrogen-bond acceptors (Lipinski definition) is 4. The number of hydrogen-bond donors (Lipinski definition) is 2. The van der Waals surface area contributed by atoms with Crippen LogP contribution in [0.1, 0.15) is 17.2 Å². The molecule has 1 saturated heterocycles. The summed E-state index contributed by atoms with van der Waals surface area (Å²) in [6.45, 7) is 0.484. The van der Waals surface area contributed by atoms with E-state index in [1.807, 2.05) is 36.4 Å². The van der Waals surface area contributed by atoms with Gasteiger partial charge >= 0.3 is 0 Å². The fourth-order valence-corrected chi connectivity index (χ4v) is 2.98. The largest absolute Gasteiger partial charge is 0.507 e. The molecule has 0 aromatic heterocycles. The molecule has 3 rings (SSSR count). The number of carbonyl (C=O) groups excluding carboxylic acids is 2. The van der Waals surface area contributed by atoms with E-state index in [-0.39, 0.29) is 24.4 Å². The topological polar surface area (TPSA) is 83.6 Å². The van der Waals surface area contributed by atoms with Crippen molar-refractivity contribution in [1.82, 2.24) is 4.90 Å². The minimum absolute atomic E-state index is 0.103. The van der Waals surface area contributed by atoms with Gasteiger partial charge in [-0.15, -0.1) is 0 Å². The van der Waals surface area contributed by atoms with E-state index < -0.39 is 17.7 Å². The number of rotatable bonds is 4. The summed E-state index contributed by atoms with van der Waals surface area (Å²) in [5.41, 5.74) is 6.98. The van der Waals surface area contributed by atoms with Gasteiger partial charge in [-0.25, -0.2) is 0 Å². The van der Waals surface area contributed by atoms with Gasteiger partial charge in [-0.3, -0.25) is 9.59 Å². The first-order valence-corrected chi connectivity index (χ1v) is 7.74. The lowest BCUT2D eigenvalue weighted by atomic mass is 9.95. The lowest BCUT2D eigenvalue weighted by molar-refractivity contribution is -0.139. The number of Topliss-reactive ketones (excluding diaryl/α,β-unsaturated/α-hetero) is 1. The van der Waals surface area contributed by atoms with Gasteiger partial charge in [0, 0.05) is 18.7 Å². The van der Waals surface area contributed by atoms with Gasteiger partial charge in [0.1, 0.15) is 5.76 Å². The molecule has 3 N–H and O–H groups in total. The summed E-state index contributed by atoms with van der Waals surface area (Å²) in [5.74, 6) is -1.48. The van der Waals surface area contributed by atoms with E-state index >= 15 is 0 Å². The third-order valence-electron chi connectivity index (χ3n) is 4.07. The summed E-state index contributed by atoms with van der Waals surface area (Å²) < 4.78 is 0. The third-order valence-corrected chi connectivity index (χ3v) is 4.07. The molecule has 0 radical (unpaired) electrons. The van der Waals surface area contributed by atoms with Crippen molar-refractivity contribution in [3.05, 3.63) is 77.4 Å². The molecule has 1 aliphatic rings. The van der Waals surface area contributed by atoms with Crippen LogP contribution in [0.25, 0.3) is 5.76 Å². The lowest BCUT2D eigenvalue weighted by Gasteiger charge is -2.24. The molecule has 0 aliphatic carbocycles. The molecule has 1 fully saturated rings. The van der Waals surface area contributed by atoms with Crippen LogP contribution in [0.4, 0.5) is 0 Å². The van der Waals surface area contributed by atoms with Gasteiger partial charge in [-0.1, -0.05) is 60.7 Å². The molecule has 0 saturated carbocycles. The fourth-order valence-electron chi connectivity index (χ4n) is 2.98. The highest BCUT2D eigenvalue weighted by Gasteiger charge is 2.45. The van der Waals surface area contributed by atoms with Crippen LogP contribution in [0.2, 0.25) is 0 Å². The molecule has 2 aromatic rings. The standard InChI is InChI=1S/C19H18N2O3/c20-11-12-21-16(13-7-3-1-4-8-13)15(18(23)19(21)24)17(22)14-9-5-2-6-10-14/h1-10,16,22H,11-12,20H2/b17-15+. The first-order chi connectivity index (χ1) is 11.6. The zero-order chi connectivity index (χ0) is 17.1. The van der Waals surface area contributed by atoms with Crippen molar-refractivity contribution >= 4 is 17.4 Å². The van der Waals surface area contributed by atoms with Gasteiger partial charge in [0.25, 0.3) is 11.7 Å². The van der Waals surface area contributed by atoms with Gasteiger partial charge in [0.05, 0.1) is 11.6 Å². The van der Waals surface area contributed by atoms with Crippen molar-refractivity contribution in [1.29, 1.82) is 0 Å². The molecule has 5 heteroatoms. The Kier molecular flexibility index (Phi) is 4.44. The van der Waals surface area contributed by atoms with Gasteiger partial charge in [-0.2, -0.15) is 0 Å². The Hall–Kier alpha value is -2.92. The summed E-state index contributed by atoms with van der Waals surface area (Å²) in [6, 6.07) is 17.3. The second-order valence-corrected chi connectivity index (χ2v) is 5.56. The van der Waals surface area contributed by atoms with Crippen molar-refractivity contribution in [2.24, 2.45) is 5.73 Å². The summed E-state index contributed by atoms with van der Waals surface area (Å²) in [4.78, 5) is 26.4. The van der Waals surface area contributed by atoms with Crippen molar-refractivity contribution in [3.63, 3.8) is 0 Å². The normalized spacial score (nSPS) is 19.7. The van der Waals surface area contributed by atoms with Gasteiger partial charge < -0.3 is 15.7 Å². The summed E-state index contributed by atoms with van der Waals surface area (Å²) in [6.07, 6.45) is 0. The van der Waals surface area contributed by atoms with E-state index in [1.54, 1.807) is 24.3 Å². The Morgan fingerprint density at radius 2 is 1.58 bits per heavy atom. The minimum Gasteiger partial charge on any atom is -0.507 e. The smallest absolute Gasteiger partial charge is 0.295 e. The van der Waals surface area contributed by atoms with Gasteiger partial charge in [-0.05, 0) is 5.56 Å². The van der Waals surface area contributed by atoms with E-state index in [4.69, 9.17) is 5.73 Å². The molecule has 0 bridgehead atoms. The molecular formula is C19H18N2O3. The number of ketones is 1. The van der Waals surface area contributed by atoms with Crippen LogP contribution < -0.4 is 5.73 Å². The SMILES string of the molecule is NCCN1C(=O)C(=O)/C(=C(/O)c2ccccc2)C1c1ccccc1. The number of nitrogens with two attached hydrogens (primary N) is 1. The zero-order valence-electron chi connectivity index (χ0n) is 13.1. The molecule has 1 aliphatic heterocycles. The van der Waals surface area contributed by atoms with Crippen molar-refractivity contribution in [3.8, 4) is 0 Å². The maximum absolute atomic E-state index is 12.5. The van der Waals surface area contributed by atoms with E-state index in [0.29, 0.717) is 5.56 Å². The molecule has 24 heavy (non-hydrogen) atoms. The van der Waals surface area contributed by atoms with Crippen molar-refractivity contribution in [2.45, 2.75) is 6.04 Å². The number of aliphatic hydroxyl groups excluding tert-OH is 1. The van der Waals surface area contributed by atoms with Crippen molar-refractivity contribution < 1.29 is 14.7 Å². The average Bonchev–Trinajstić information content (AvgIpc) is 2.88. The Morgan fingerprint density at radius 3 is 2.17 bits per heavy atom. The molecular weight excluding hydrogens is 304 g/mol. The Morgan fingerprint density at radius 1 is 1.00 bits per heavy atom. The minimum atomic E-state index is -0.682. The predicted molar refractivity (Wildman–Crippen MR) is 90.9 cm³/mol. The van der Waals surface area contributed by atoms with Gasteiger partial charge in [0.2, 0.25) is 0 Å². The highest BCUT2D eigenvalue weighted by Crippen LogP contribution is 2.38. The van der Waals surface area contributed by atoms with Crippen LogP contribution in [0.15, 0.2) is 66.2 Å². The quantitative estimate of drug-likeness (QED) is 0.513. The van der Waals surface area contributed by atoms with E-state index in [0.717, 1.165) is 5.56 Å². The molecule has 1 heterocycles. The van der Waals surface area contributed by atoms with Crippen molar-refractivity contribution in [2.75, 3.05) is 13.1 Å². The second kappa shape index (κ2) is 6.68. The third kappa shape index (κ3) is 2.70. The summed E-state index contributed by atoms with van der Waals surface area (Å²) >= 11 is 0. The molecule has 122 valence electrons. The van der Waals surface area contributed by atoms with Crippen LogP contribution in [0.5, 0.6) is 0 Å². The molecule has 5 nitrogen and oxygen atoms in total. The molecule has 1 amide bonds. The maximum atomic E-state index is 12.5. The molecule has 0 spiro atoms. The molecule has 2 aromatic carbocycles. The Labute approximate surface area is 140 Å². The second-order valence-electron chi connectivity index (χ2n) is 5.56. The van der Waals surface area contributed by atoms with Crippen LogP contribution in [0.3, 0.4) is 0 Å². The summed E-state index contributed by atoms with van der Waals surface area (Å²) in [5, 5.41) is 10.7. The molecule has 1 unspecified atom stereocenters. The number of carbonyl (C=O) groups is 2. The van der Waals surface area contributed by atoms with E-state index in [9.17, 15) is 14.7 Å². The van der Waals surface area contributed by atoms with Crippen LogP contribution in [-0.2, 0) is 9.59 Å². The maximum Gasteiger partial charge on any atom is 0.295 e. The van der Waals surface area contributed by atoms with Gasteiger partial charge in [0.15, 0.2) is 0 Å². The Bertz CT molecular complexity index is 785. The fraction of sp³-hybridized carbons (Fsp3) is 0.158. The Balaban J connectivity index is 2.18. The first kappa shape index (κ1) is 16.0. The predicted octanol–water partition coefficient (Wildman–Crippen LogP) is 2.07. The number of benzene rings is 2. The number of nitrogens with zero attached hydrogens (tertiary/aromatic N) is 1. The zero-order valence-corrected chi connectivity index (χ0v) is 13.1. The van der Waals surface area contributed by atoms with E-state index in [1.165, 1.54) is 4.90 Å². The lowest BCUT2D eigenvalue weighted by Crippen LogP contribution is -2.34. The number of likely N-dealkylation sites (tertiary alicyclic amines) is 1. The molecule has 1 atom stereocenters. The highest BCUT2D eigenvalue weighted by atomic mass is 16.3. The van der Waals surface area contributed by atoms with E-state index in [2.05, 4.69) is 0 Å². The highest BCUT2D eigenvalue weighted by molar-refractivity contribution is 6.46. The van der Waals surface area contributed by atoms with Crippen LogP contribution >= 0.6 is 0 Å². The number of amides is 1. The summed E-state index contributed by atoms with van der Waals surface area (Å²) in [7, 11) is 0. The van der Waals surface area contributed by atoms with Crippen LogP contribution in [-0.4, -0.2) is 34.8 Å². The first-order valence-electron chi connectivity index (χ1n) is 7.74.